The van der Waals surface area contributed by atoms with Crippen LogP contribution < -0.4 is 61.2 Å². The van der Waals surface area contributed by atoms with Gasteiger partial charge in [0.2, 0.25) is 0 Å². The zero-order chi connectivity index (χ0) is 13.0. The molecule has 0 fully saturated rings. The number of benzene rings is 1. The van der Waals surface area contributed by atoms with Crippen molar-refractivity contribution in [2.75, 3.05) is 21.3 Å². The van der Waals surface area contributed by atoms with Gasteiger partial charge in [-0.05, 0) is 28.1 Å². The molecule has 0 unspecified atom stereocenters. The van der Waals surface area contributed by atoms with Gasteiger partial charge >= 0.3 is 51.4 Å². The van der Waals surface area contributed by atoms with Crippen LogP contribution >= 0.6 is 15.9 Å². The standard InChI is InChI=1S/C11H13BrO5.K/c1-15-9-6(11(16-2)17-3)4-5-7(12)8(9)10(13)14;/h4-5,11H,1-3H3,(H,13,14);/q;+1/p-1. The molecule has 0 bridgehead atoms. The first-order valence-electron chi connectivity index (χ1n) is 4.70. The van der Waals surface area contributed by atoms with Crippen molar-refractivity contribution in [1.29, 1.82) is 0 Å². The van der Waals surface area contributed by atoms with Gasteiger partial charge in [0.15, 0.2) is 6.29 Å². The van der Waals surface area contributed by atoms with Crippen molar-refractivity contribution in [3.05, 3.63) is 27.7 Å². The molecule has 0 aromatic heterocycles. The van der Waals surface area contributed by atoms with E-state index in [1.165, 1.54) is 21.3 Å². The quantitative estimate of drug-likeness (QED) is 0.462. The maximum atomic E-state index is 11.1. The van der Waals surface area contributed by atoms with Crippen LogP contribution in [0.4, 0.5) is 0 Å². The zero-order valence-corrected chi connectivity index (χ0v) is 15.4. The Bertz CT molecular complexity index is 420. The summed E-state index contributed by atoms with van der Waals surface area (Å²) < 4.78 is 15.6. The summed E-state index contributed by atoms with van der Waals surface area (Å²) in [4.78, 5) is 11.1. The number of rotatable bonds is 5. The first-order chi connectivity index (χ1) is 8.06. The van der Waals surface area contributed by atoms with E-state index in [4.69, 9.17) is 14.2 Å². The van der Waals surface area contributed by atoms with Gasteiger partial charge in [0.25, 0.3) is 0 Å². The van der Waals surface area contributed by atoms with Gasteiger partial charge in [-0.3, -0.25) is 0 Å². The Hall–Kier alpha value is 0.526. The Morgan fingerprint density at radius 2 is 1.83 bits per heavy atom. The second-order valence-electron chi connectivity index (χ2n) is 3.14. The van der Waals surface area contributed by atoms with E-state index >= 15 is 0 Å². The summed E-state index contributed by atoms with van der Waals surface area (Å²) in [5.74, 6) is -1.17. The molecule has 0 N–H and O–H groups in total. The zero-order valence-electron chi connectivity index (χ0n) is 10.7. The minimum absolute atomic E-state index is 0. The maximum Gasteiger partial charge on any atom is 1.00 e. The predicted molar refractivity (Wildman–Crippen MR) is 61.8 cm³/mol. The number of aromatic carboxylic acids is 1. The number of carboxylic acid groups (broad SMARTS) is 1. The van der Waals surface area contributed by atoms with Gasteiger partial charge < -0.3 is 24.1 Å². The third kappa shape index (κ3) is 4.01. The van der Waals surface area contributed by atoms with E-state index in [-0.39, 0.29) is 62.7 Å². The third-order valence-electron chi connectivity index (χ3n) is 2.23. The van der Waals surface area contributed by atoms with E-state index in [0.717, 1.165) is 0 Å². The van der Waals surface area contributed by atoms with Crippen molar-refractivity contribution in [2.24, 2.45) is 0 Å². The van der Waals surface area contributed by atoms with Crippen molar-refractivity contribution in [3.63, 3.8) is 0 Å². The number of hydrogen-bond donors (Lipinski definition) is 0. The normalized spacial score (nSPS) is 10.1. The molecule has 0 atom stereocenters. The molecular weight excluding hydrogens is 331 g/mol. The summed E-state index contributed by atoms with van der Waals surface area (Å²) in [6, 6.07) is 3.24. The van der Waals surface area contributed by atoms with Gasteiger partial charge in [-0.1, -0.05) is 0 Å². The van der Waals surface area contributed by atoms with Gasteiger partial charge in [0.1, 0.15) is 5.75 Å². The molecule has 0 spiro atoms. The van der Waals surface area contributed by atoms with Crippen LogP contribution in [0.5, 0.6) is 5.75 Å². The van der Waals surface area contributed by atoms with E-state index in [9.17, 15) is 9.90 Å². The largest absolute Gasteiger partial charge is 1.00 e. The molecule has 0 saturated heterocycles. The molecular formula is C11H12BrKO5. The summed E-state index contributed by atoms with van der Waals surface area (Å²) in [5.41, 5.74) is 0.420. The molecule has 7 heteroatoms. The number of methoxy groups -OCH3 is 3. The number of hydrogen-bond acceptors (Lipinski definition) is 5. The van der Waals surface area contributed by atoms with Crippen LogP contribution in [-0.4, -0.2) is 27.3 Å². The first-order valence-corrected chi connectivity index (χ1v) is 5.49. The summed E-state index contributed by atoms with van der Waals surface area (Å²) in [5, 5.41) is 11.1. The van der Waals surface area contributed by atoms with Crippen LogP contribution in [0.25, 0.3) is 0 Å². The molecule has 0 saturated carbocycles. The van der Waals surface area contributed by atoms with Crippen molar-refractivity contribution in [3.8, 4) is 5.75 Å². The topological polar surface area (TPSA) is 67.8 Å². The van der Waals surface area contributed by atoms with Crippen molar-refractivity contribution in [2.45, 2.75) is 6.29 Å². The Morgan fingerprint density at radius 3 is 2.22 bits per heavy atom. The molecule has 0 aliphatic carbocycles. The van der Waals surface area contributed by atoms with Gasteiger partial charge in [-0.15, -0.1) is 0 Å². The molecule has 0 aliphatic heterocycles. The second-order valence-corrected chi connectivity index (χ2v) is 3.99. The molecule has 0 radical (unpaired) electrons. The Balaban J connectivity index is 0.00000289. The summed E-state index contributed by atoms with van der Waals surface area (Å²) in [6.07, 6.45) is -0.698. The van der Waals surface area contributed by atoms with Crippen LogP contribution in [0.15, 0.2) is 16.6 Å². The van der Waals surface area contributed by atoms with E-state index in [1.807, 2.05) is 0 Å². The van der Waals surface area contributed by atoms with Crippen molar-refractivity contribution >= 4 is 21.9 Å². The Labute approximate surface area is 156 Å². The average Bonchev–Trinajstić information content (AvgIpc) is 2.31. The Morgan fingerprint density at radius 1 is 1.28 bits per heavy atom. The Kier molecular flexibility index (Phi) is 8.90. The molecule has 0 amide bonds. The molecule has 1 aromatic carbocycles. The number of carboxylic acids is 1. The molecule has 1 rings (SSSR count). The van der Waals surface area contributed by atoms with E-state index in [0.29, 0.717) is 10.0 Å². The fraction of sp³-hybridized carbons (Fsp3) is 0.364. The molecule has 5 nitrogen and oxygen atoms in total. The minimum atomic E-state index is -1.33. The minimum Gasteiger partial charge on any atom is -0.545 e. The van der Waals surface area contributed by atoms with Gasteiger partial charge in [0, 0.05) is 18.7 Å². The van der Waals surface area contributed by atoms with Gasteiger partial charge in [-0.2, -0.15) is 0 Å². The first kappa shape index (κ1) is 18.5. The molecule has 18 heavy (non-hydrogen) atoms. The molecule has 94 valence electrons. The van der Waals surface area contributed by atoms with E-state index < -0.39 is 12.3 Å². The smallest absolute Gasteiger partial charge is 0.545 e. The number of carbonyl (C=O) groups is 1. The van der Waals surface area contributed by atoms with E-state index in [2.05, 4.69) is 15.9 Å². The van der Waals surface area contributed by atoms with E-state index in [1.54, 1.807) is 12.1 Å². The summed E-state index contributed by atoms with van der Waals surface area (Å²) >= 11 is 3.13. The fourth-order valence-corrected chi connectivity index (χ4v) is 1.99. The number of ether oxygens (including phenoxy) is 3. The third-order valence-corrected chi connectivity index (χ3v) is 2.89. The van der Waals surface area contributed by atoms with Crippen LogP contribution in [0.2, 0.25) is 0 Å². The molecule has 0 heterocycles. The summed E-state index contributed by atoms with van der Waals surface area (Å²) in [6.45, 7) is 0. The summed E-state index contributed by atoms with van der Waals surface area (Å²) in [7, 11) is 4.28. The van der Waals surface area contributed by atoms with Gasteiger partial charge in [0.05, 0.1) is 24.2 Å². The number of carbonyl (C=O) groups excluding carboxylic acids is 1. The molecule has 0 aliphatic rings. The van der Waals surface area contributed by atoms with Crippen molar-refractivity contribution < 1.29 is 75.5 Å². The van der Waals surface area contributed by atoms with Gasteiger partial charge in [-0.25, -0.2) is 0 Å². The van der Waals surface area contributed by atoms with Crippen LogP contribution in [0, 0.1) is 0 Å². The predicted octanol–water partition coefficient (Wildman–Crippen LogP) is -1.88. The fourth-order valence-electron chi connectivity index (χ4n) is 1.52. The van der Waals surface area contributed by atoms with Crippen molar-refractivity contribution in [1.82, 2.24) is 0 Å². The van der Waals surface area contributed by atoms with Crippen LogP contribution in [0.3, 0.4) is 0 Å². The monoisotopic (exact) mass is 342 g/mol. The SMILES string of the molecule is COc1c(C(OC)OC)ccc(Br)c1C(=O)[O-].[K+]. The number of halogens is 1. The molecule has 1 aromatic rings. The van der Waals surface area contributed by atoms with Crippen LogP contribution in [-0.2, 0) is 9.47 Å². The maximum absolute atomic E-state index is 11.1. The average molecular weight is 343 g/mol. The van der Waals surface area contributed by atoms with Crippen LogP contribution in [0.1, 0.15) is 22.2 Å². The second kappa shape index (κ2) is 8.65.